The standard InChI is InChI=1S/C21H24N2O3S/c1-13-19(27-12-22-13)20(24)23-11-21(5-3-4-6-21)16-10-18-17(25-7-8-26-18)9-15(16)14(23)2/h9-10,12,14H,3-8,11H2,1-2H3. The number of amides is 1. The van der Waals surface area contributed by atoms with Crippen molar-refractivity contribution in [2.45, 2.75) is 51.0 Å². The number of ether oxygens (including phenoxy) is 2. The average molecular weight is 385 g/mol. The summed E-state index contributed by atoms with van der Waals surface area (Å²) in [5, 5.41) is 0. The lowest BCUT2D eigenvalue weighted by Gasteiger charge is -2.46. The van der Waals surface area contributed by atoms with E-state index in [4.69, 9.17) is 9.47 Å². The number of hydrogen-bond acceptors (Lipinski definition) is 5. The van der Waals surface area contributed by atoms with Crippen LogP contribution in [0.1, 0.15) is 65.1 Å². The van der Waals surface area contributed by atoms with Crippen molar-refractivity contribution in [1.29, 1.82) is 0 Å². The number of benzene rings is 1. The summed E-state index contributed by atoms with van der Waals surface area (Å²) in [5.41, 5.74) is 5.19. The van der Waals surface area contributed by atoms with Gasteiger partial charge in [0.2, 0.25) is 0 Å². The second-order valence-electron chi connectivity index (χ2n) is 7.95. The van der Waals surface area contributed by atoms with Crippen molar-refractivity contribution in [3.05, 3.63) is 39.3 Å². The molecule has 3 heterocycles. The van der Waals surface area contributed by atoms with Crippen molar-refractivity contribution in [2.75, 3.05) is 19.8 Å². The molecular weight excluding hydrogens is 360 g/mol. The van der Waals surface area contributed by atoms with E-state index in [-0.39, 0.29) is 17.4 Å². The lowest BCUT2D eigenvalue weighted by molar-refractivity contribution is 0.0597. The summed E-state index contributed by atoms with van der Waals surface area (Å²) in [7, 11) is 0. The first-order valence-corrected chi connectivity index (χ1v) is 10.6. The lowest BCUT2D eigenvalue weighted by atomic mass is 9.71. The number of nitrogens with zero attached hydrogens (tertiary/aromatic N) is 2. The van der Waals surface area contributed by atoms with Gasteiger partial charge in [-0.05, 0) is 49.9 Å². The fourth-order valence-electron chi connectivity index (χ4n) is 4.99. The van der Waals surface area contributed by atoms with Gasteiger partial charge in [-0.3, -0.25) is 4.79 Å². The number of hydrogen-bond donors (Lipinski definition) is 0. The molecule has 1 aromatic carbocycles. The Morgan fingerprint density at radius 3 is 2.59 bits per heavy atom. The van der Waals surface area contributed by atoms with Crippen LogP contribution in [0.4, 0.5) is 0 Å². The zero-order valence-electron chi connectivity index (χ0n) is 15.8. The number of fused-ring (bicyclic) bond motifs is 3. The Balaban J connectivity index is 1.62. The van der Waals surface area contributed by atoms with Gasteiger partial charge < -0.3 is 14.4 Å². The molecule has 3 aliphatic rings. The number of thiazole rings is 1. The molecule has 5 nitrogen and oxygen atoms in total. The molecule has 6 heteroatoms. The molecule has 1 saturated carbocycles. The van der Waals surface area contributed by atoms with Crippen molar-refractivity contribution in [3.63, 3.8) is 0 Å². The molecule has 2 aromatic rings. The van der Waals surface area contributed by atoms with E-state index in [2.05, 4.69) is 28.9 Å². The minimum atomic E-state index is 0.0102. The quantitative estimate of drug-likeness (QED) is 0.737. The van der Waals surface area contributed by atoms with Crippen LogP contribution in [0.3, 0.4) is 0 Å². The van der Waals surface area contributed by atoms with Crippen LogP contribution in [0.5, 0.6) is 11.5 Å². The SMILES string of the molecule is Cc1ncsc1C(=O)N1CC2(CCCC2)c2cc3c(cc2C1C)OCCO3. The van der Waals surface area contributed by atoms with Crippen LogP contribution < -0.4 is 9.47 Å². The van der Waals surface area contributed by atoms with Gasteiger partial charge in [0.15, 0.2) is 11.5 Å². The first-order valence-electron chi connectivity index (χ1n) is 9.74. The summed E-state index contributed by atoms with van der Waals surface area (Å²) in [5.74, 6) is 1.77. The fourth-order valence-corrected chi connectivity index (χ4v) is 5.75. The molecule has 1 aliphatic carbocycles. The molecule has 0 N–H and O–H groups in total. The number of carbonyl (C=O) groups excluding carboxylic acids is 1. The van der Waals surface area contributed by atoms with Crippen LogP contribution >= 0.6 is 11.3 Å². The van der Waals surface area contributed by atoms with E-state index in [9.17, 15) is 4.79 Å². The highest BCUT2D eigenvalue weighted by molar-refractivity contribution is 7.11. The molecule has 0 radical (unpaired) electrons. The number of carbonyl (C=O) groups is 1. The number of aryl methyl sites for hydroxylation is 1. The van der Waals surface area contributed by atoms with E-state index in [1.165, 1.54) is 35.3 Å². The van der Waals surface area contributed by atoms with Crippen molar-refractivity contribution in [1.82, 2.24) is 9.88 Å². The molecule has 1 spiro atoms. The Kier molecular flexibility index (Phi) is 3.93. The van der Waals surface area contributed by atoms with Gasteiger partial charge in [0, 0.05) is 12.0 Å². The number of rotatable bonds is 1. The zero-order chi connectivity index (χ0) is 18.6. The van der Waals surface area contributed by atoms with E-state index >= 15 is 0 Å². The second kappa shape index (κ2) is 6.23. The van der Waals surface area contributed by atoms with Crippen LogP contribution in [0, 0.1) is 6.92 Å². The van der Waals surface area contributed by atoms with E-state index < -0.39 is 0 Å². The Labute approximate surface area is 163 Å². The first kappa shape index (κ1) is 17.0. The minimum Gasteiger partial charge on any atom is -0.486 e. The third kappa shape index (κ3) is 2.57. The Bertz CT molecular complexity index is 901. The van der Waals surface area contributed by atoms with Gasteiger partial charge in [-0.2, -0.15) is 0 Å². The summed E-state index contributed by atoms with van der Waals surface area (Å²) in [6.45, 7) is 6.00. The highest BCUT2D eigenvalue weighted by atomic mass is 32.1. The van der Waals surface area contributed by atoms with Crippen LogP contribution in [-0.2, 0) is 5.41 Å². The monoisotopic (exact) mass is 384 g/mol. The van der Waals surface area contributed by atoms with Gasteiger partial charge in [0.1, 0.15) is 18.1 Å². The molecule has 0 saturated heterocycles. The largest absolute Gasteiger partial charge is 0.486 e. The maximum Gasteiger partial charge on any atom is 0.266 e. The average Bonchev–Trinajstić information content (AvgIpc) is 3.33. The van der Waals surface area contributed by atoms with Crippen molar-refractivity contribution < 1.29 is 14.3 Å². The fraction of sp³-hybridized carbons (Fsp3) is 0.524. The normalized spacial score (nSPS) is 22.7. The molecular formula is C21H24N2O3S. The van der Waals surface area contributed by atoms with Crippen molar-refractivity contribution >= 4 is 17.2 Å². The summed E-state index contributed by atoms with van der Waals surface area (Å²) in [6.07, 6.45) is 4.67. The molecule has 1 unspecified atom stereocenters. The van der Waals surface area contributed by atoms with Gasteiger partial charge in [0.25, 0.3) is 5.91 Å². The summed E-state index contributed by atoms with van der Waals surface area (Å²) in [4.78, 5) is 20.5. The Hall–Kier alpha value is -2.08. The van der Waals surface area contributed by atoms with Gasteiger partial charge in [-0.15, -0.1) is 11.3 Å². The predicted octanol–water partition coefficient (Wildman–Crippen LogP) is 4.25. The maximum atomic E-state index is 13.4. The van der Waals surface area contributed by atoms with Gasteiger partial charge in [0.05, 0.1) is 17.2 Å². The highest BCUT2D eigenvalue weighted by Gasteiger charge is 2.46. The smallest absolute Gasteiger partial charge is 0.266 e. The lowest BCUT2D eigenvalue weighted by Crippen LogP contribution is -2.48. The van der Waals surface area contributed by atoms with Crippen molar-refractivity contribution in [3.8, 4) is 11.5 Å². The molecule has 27 heavy (non-hydrogen) atoms. The maximum absolute atomic E-state index is 13.4. The molecule has 1 aromatic heterocycles. The highest BCUT2D eigenvalue weighted by Crippen LogP contribution is 2.52. The van der Waals surface area contributed by atoms with Crippen LogP contribution in [-0.4, -0.2) is 35.5 Å². The van der Waals surface area contributed by atoms with Gasteiger partial charge in [-0.1, -0.05) is 12.8 Å². The molecule has 5 rings (SSSR count). The molecule has 2 aliphatic heterocycles. The summed E-state index contributed by atoms with van der Waals surface area (Å²) >= 11 is 1.44. The Morgan fingerprint density at radius 2 is 1.93 bits per heavy atom. The summed E-state index contributed by atoms with van der Waals surface area (Å²) in [6, 6.07) is 4.33. The molecule has 142 valence electrons. The predicted molar refractivity (Wildman–Crippen MR) is 104 cm³/mol. The zero-order valence-corrected chi connectivity index (χ0v) is 16.6. The van der Waals surface area contributed by atoms with Crippen LogP contribution in [0.25, 0.3) is 0 Å². The Morgan fingerprint density at radius 1 is 1.22 bits per heavy atom. The van der Waals surface area contributed by atoms with Gasteiger partial charge >= 0.3 is 0 Å². The van der Waals surface area contributed by atoms with Crippen LogP contribution in [0.2, 0.25) is 0 Å². The first-order chi connectivity index (χ1) is 13.1. The molecule has 1 fully saturated rings. The molecule has 1 amide bonds. The van der Waals surface area contributed by atoms with Gasteiger partial charge in [-0.25, -0.2) is 4.98 Å². The summed E-state index contributed by atoms with van der Waals surface area (Å²) < 4.78 is 11.7. The third-order valence-corrected chi connectivity index (χ3v) is 7.35. The van der Waals surface area contributed by atoms with Crippen LogP contribution in [0.15, 0.2) is 17.6 Å². The minimum absolute atomic E-state index is 0.0102. The van der Waals surface area contributed by atoms with Crippen molar-refractivity contribution in [2.24, 2.45) is 0 Å². The van der Waals surface area contributed by atoms with E-state index in [1.54, 1.807) is 5.51 Å². The van der Waals surface area contributed by atoms with E-state index in [0.29, 0.717) is 13.2 Å². The topological polar surface area (TPSA) is 51.7 Å². The van der Waals surface area contributed by atoms with E-state index in [0.717, 1.165) is 41.5 Å². The third-order valence-electron chi connectivity index (χ3n) is 6.44. The molecule has 0 bridgehead atoms. The second-order valence-corrected chi connectivity index (χ2v) is 8.80. The number of aromatic nitrogens is 1. The van der Waals surface area contributed by atoms with E-state index in [1.807, 2.05) is 6.92 Å². The molecule has 1 atom stereocenters.